The summed E-state index contributed by atoms with van der Waals surface area (Å²) in [6.45, 7) is 7.40. The molecule has 0 aromatic carbocycles. The van der Waals surface area contributed by atoms with Crippen molar-refractivity contribution in [2.24, 2.45) is 0 Å². The Morgan fingerprint density at radius 1 is 1.20 bits per heavy atom. The molecular formula is C12H16N2S. The van der Waals surface area contributed by atoms with E-state index < -0.39 is 0 Å². The van der Waals surface area contributed by atoms with Crippen LogP contribution in [0.15, 0.2) is 17.5 Å². The van der Waals surface area contributed by atoms with E-state index in [-0.39, 0.29) is 0 Å². The van der Waals surface area contributed by atoms with Crippen LogP contribution in [0.2, 0.25) is 0 Å². The van der Waals surface area contributed by atoms with E-state index >= 15 is 0 Å². The summed E-state index contributed by atoms with van der Waals surface area (Å²) >= 11 is 1.73. The minimum absolute atomic E-state index is 1.03. The van der Waals surface area contributed by atoms with Crippen molar-refractivity contribution in [2.45, 2.75) is 33.7 Å². The van der Waals surface area contributed by atoms with Gasteiger partial charge in [0.05, 0.1) is 10.7 Å². The van der Waals surface area contributed by atoms with Gasteiger partial charge >= 0.3 is 0 Å². The Hall–Kier alpha value is -1.09. The number of aromatic nitrogens is 2. The molecule has 0 aliphatic carbocycles. The molecule has 0 saturated carbocycles. The summed E-state index contributed by atoms with van der Waals surface area (Å²) in [5.41, 5.74) is 3.88. The van der Waals surface area contributed by atoms with Crippen LogP contribution in [0, 0.1) is 20.8 Å². The Balaban J connectivity index is 2.05. The first-order chi connectivity index (χ1) is 7.16. The molecule has 0 amide bonds. The molecule has 0 spiro atoms. The lowest BCUT2D eigenvalue weighted by Gasteiger charge is -2.07. The molecule has 3 heteroatoms. The van der Waals surface area contributed by atoms with Gasteiger partial charge in [-0.15, -0.1) is 11.3 Å². The van der Waals surface area contributed by atoms with Gasteiger partial charge < -0.3 is 4.57 Å². The first-order valence-electron chi connectivity index (χ1n) is 5.20. The zero-order valence-electron chi connectivity index (χ0n) is 9.45. The monoisotopic (exact) mass is 220 g/mol. The van der Waals surface area contributed by atoms with Crippen molar-refractivity contribution >= 4 is 11.3 Å². The maximum atomic E-state index is 4.47. The predicted octanol–water partition coefficient (Wildman–Crippen LogP) is 3.11. The van der Waals surface area contributed by atoms with Crippen molar-refractivity contribution in [2.75, 3.05) is 0 Å². The fourth-order valence-corrected chi connectivity index (χ4v) is 2.45. The first kappa shape index (κ1) is 10.4. The second-order valence-corrected chi connectivity index (χ2v) is 4.94. The molecule has 15 heavy (non-hydrogen) atoms. The standard InChI is InChI=1S/C12H16N2S/c1-9-4-5-10(2)14(9)7-6-12-8-15-11(3)13-12/h4-5,8H,6-7H2,1-3H3. The average Bonchev–Trinajstić information content (AvgIpc) is 2.73. The Kier molecular flexibility index (Phi) is 2.91. The first-order valence-corrected chi connectivity index (χ1v) is 6.08. The molecule has 0 N–H and O–H groups in total. The zero-order chi connectivity index (χ0) is 10.8. The number of nitrogens with zero attached hydrogens (tertiary/aromatic N) is 2. The van der Waals surface area contributed by atoms with Crippen molar-refractivity contribution in [3.05, 3.63) is 39.6 Å². The number of rotatable bonds is 3. The lowest BCUT2D eigenvalue weighted by Crippen LogP contribution is -2.05. The summed E-state index contributed by atoms with van der Waals surface area (Å²) in [5, 5.41) is 3.31. The van der Waals surface area contributed by atoms with Crippen LogP contribution in [-0.4, -0.2) is 9.55 Å². The minimum Gasteiger partial charge on any atom is -0.349 e. The summed E-state index contributed by atoms with van der Waals surface area (Å²) in [7, 11) is 0. The number of hydrogen-bond acceptors (Lipinski definition) is 2. The molecule has 0 atom stereocenters. The topological polar surface area (TPSA) is 17.8 Å². The molecule has 2 aromatic heterocycles. The largest absolute Gasteiger partial charge is 0.349 e. The third-order valence-corrected chi connectivity index (χ3v) is 3.50. The summed E-state index contributed by atoms with van der Waals surface area (Å²) in [4.78, 5) is 4.47. The van der Waals surface area contributed by atoms with Crippen LogP contribution < -0.4 is 0 Å². The van der Waals surface area contributed by atoms with Crippen LogP contribution in [0.25, 0.3) is 0 Å². The smallest absolute Gasteiger partial charge is 0.0897 e. The highest BCUT2D eigenvalue weighted by Crippen LogP contribution is 2.12. The molecule has 0 aliphatic rings. The second kappa shape index (κ2) is 4.19. The SMILES string of the molecule is Cc1nc(CCn2c(C)ccc2C)cs1. The van der Waals surface area contributed by atoms with E-state index in [0.717, 1.165) is 18.0 Å². The lowest BCUT2D eigenvalue weighted by atomic mass is 10.3. The van der Waals surface area contributed by atoms with Gasteiger partial charge in [0.15, 0.2) is 0 Å². The van der Waals surface area contributed by atoms with Crippen molar-refractivity contribution in [1.82, 2.24) is 9.55 Å². The molecule has 0 bridgehead atoms. The normalized spacial score (nSPS) is 10.9. The van der Waals surface area contributed by atoms with E-state index in [2.05, 4.69) is 47.8 Å². The van der Waals surface area contributed by atoms with Crippen molar-refractivity contribution in [1.29, 1.82) is 0 Å². The summed E-state index contributed by atoms with van der Waals surface area (Å²) in [5.74, 6) is 0. The molecule has 2 aromatic rings. The van der Waals surface area contributed by atoms with Gasteiger partial charge in [-0.2, -0.15) is 0 Å². The van der Waals surface area contributed by atoms with Crippen LogP contribution in [0.3, 0.4) is 0 Å². The molecule has 0 unspecified atom stereocenters. The fraction of sp³-hybridized carbons (Fsp3) is 0.417. The van der Waals surface area contributed by atoms with Gasteiger partial charge in [0.2, 0.25) is 0 Å². The Morgan fingerprint density at radius 2 is 1.87 bits per heavy atom. The molecule has 0 fully saturated rings. The van der Waals surface area contributed by atoms with E-state index in [1.807, 2.05) is 0 Å². The number of thiazole rings is 1. The summed E-state index contributed by atoms with van der Waals surface area (Å²) in [6, 6.07) is 4.34. The van der Waals surface area contributed by atoms with Crippen LogP contribution in [0.5, 0.6) is 0 Å². The molecule has 2 heterocycles. The predicted molar refractivity (Wildman–Crippen MR) is 64.5 cm³/mol. The van der Waals surface area contributed by atoms with Crippen LogP contribution >= 0.6 is 11.3 Å². The Morgan fingerprint density at radius 3 is 2.40 bits per heavy atom. The highest BCUT2D eigenvalue weighted by atomic mass is 32.1. The van der Waals surface area contributed by atoms with Crippen LogP contribution in [0.4, 0.5) is 0 Å². The maximum Gasteiger partial charge on any atom is 0.0897 e. The lowest BCUT2D eigenvalue weighted by molar-refractivity contribution is 0.656. The van der Waals surface area contributed by atoms with E-state index in [1.54, 1.807) is 11.3 Å². The van der Waals surface area contributed by atoms with Gasteiger partial charge in [0.1, 0.15) is 0 Å². The van der Waals surface area contributed by atoms with Gasteiger partial charge in [0, 0.05) is 29.7 Å². The van der Waals surface area contributed by atoms with Crippen molar-refractivity contribution < 1.29 is 0 Å². The van der Waals surface area contributed by atoms with Crippen LogP contribution in [-0.2, 0) is 13.0 Å². The van der Waals surface area contributed by atoms with Crippen molar-refractivity contribution in [3.63, 3.8) is 0 Å². The molecule has 0 radical (unpaired) electrons. The van der Waals surface area contributed by atoms with E-state index in [1.165, 1.54) is 17.1 Å². The fourth-order valence-electron chi connectivity index (χ4n) is 1.80. The second-order valence-electron chi connectivity index (χ2n) is 3.88. The minimum atomic E-state index is 1.03. The van der Waals surface area contributed by atoms with Gasteiger partial charge in [-0.25, -0.2) is 4.98 Å². The molecule has 80 valence electrons. The number of aryl methyl sites for hydroxylation is 4. The van der Waals surface area contributed by atoms with Crippen molar-refractivity contribution in [3.8, 4) is 0 Å². The van der Waals surface area contributed by atoms with Crippen LogP contribution in [0.1, 0.15) is 22.1 Å². The highest BCUT2D eigenvalue weighted by molar-refractivity contribution is 7.09. The molecule has 0 aliphatic heterocycles. The molecule has 2 rings (SSSR count). The molecular weight excluding hydrogens is 204 g/mol. The van der Waals surface area contributed by atoms with Gasteiger partial charge in [0.25, 0.3) is 0 Å². The Labute approximate surface area is 94.6 Å². The number of hydrogen-bond donors (Lipinski definition) is 0. The molecule has 0 saturated heterocycles. The zero-order valence-corrected chi connectivity index (χ0v) is 10.3. The van der Waals surface area contributed by atoms with Gasteiger partial charge in [-0.1, -0.05) is 0 Å². The summed E-state index contributed by atoms with van der Waals surface area (Å²) < 4.78 is 2.34. The van der Waals surface area contributed by atoms with E-state index in [4.69, 9.17) is 0 Å². The summed E-state index contributed by atoms with van der Waals surface area (Å²) in [6.07, 6.45) is 1.03. The van der Waals surface area contributed by atoms with Gasteiger partial charge in [-0.3, -0.25) is 0 Å². The quantitative estimate of drug-likeness (QED) is 0.777. The third kappa shape index (κ3) is 2.29. The van der Waals surface area contributed by atoms with Gasteiger partial charge in [-0.05, 0) is 32.9 Å². The average molecular weight is 220 g/mol. The maximum absolute atomic E-state index is 4.47. The third-order valence-electron chi connectivity index (χ3n) is 2.68. The highest BCUT2D eigenvalue weighted by Gasteiger charge is 2.03. The van der Waals surface area contributed by atoms with E-state index in [0.29, 0.717) is 0 Å². The van der Waals surface area contributed by atoms with E-state index in [9.17, 15) is 0 Å². The Bertz CT molecular complexity index is 434. The molecule has 2 nitrogen and oxygen atoms in total.